The first-order valence-corrected chi connectivity index (χ1v) is 8.70. The van der Waals surface area contributed by atoms with Gasteiger partial charge in [-0.2, -0.15) is 0 Å². The lowest BCUT2D eigenvalue weighted by atomic mass is 9.98. The Balaban J connectivity index is 1.84. The van der Waals surface area contributed by atoms with Crippen LogP contribution in [0.5, 0.6) is 0 Å². The SMILES string of the molecule is CNc1cccc(-c2nc(C3CCCN(C)C3)n3ccccc23)c1. The summed E-state index contributed by atoms with van der Waals surface area (Å²) in [5, 5.41) is 3.22. The predicted molar refractivity (Wildman–Crippen MR) is 99.6 cm³/mol. The van der Waals surface area contributed by atoms with Gasteiger partial charge in [0.25, 0.3) is 0 Å². The third kappa shape index (κ3) is 2.67. The topological polar surface area (TPSA) is 32.6 Å². The molecule has 1 unspecified atom stereocenters. The highest BCUT2D eigenvalue weighted by atomic mass is 15.1. The third-order valence-corrected chi connectivity index (χ3v) is 4.99. The van der Waals surface area contributed by atoms with Gasteiger partial charge in [-0.25, -0.2) is 4.98 Å². The molecule has 4 rings (SSSR count). The quantitative estimate of drug-likeness (QED) is 0.795. The van der Waals surface area contributed by atoms with Crippen LogP contribution < -0.4 is 5.32 Å². The van der Waals surface area contributed by atoms with E-state index in [0.29, 0.717) is 5.92 Å². The first kappa shape index (κ1) is 15.2. The van der Waals surface area contributed by atoms with Crippen molar-refractivity contribution < 1.29 is 0 Å². The van der Waals surface area contributed by atoms with Gasteiger partial charge in [0.1, 0.15) is 5.82 Å². The van der Waals surface area contributed by atoms with Gasteiger partial charge in [0.2, 0.25) is 0 Å². The maximum absolute atomic E-state index is 5.10. The lowest BCUT2D eigenvalue weighted by Gasteiger charge is -2.28. The van der Waals surface area contributed by atoms with Crippen molar-refractivity contribution in [3.8, 4) is 11.3 Å². The number of anilines is 1. The molecule has 0 spiro atoms. The fourth-order valence-corrected chi connectivity index (χ4v) is 3.76. The zero-order chi connectivity index (χ0) is 16.5. The molecular formula is C20H24N4. The molecule has 0 radical (unpaired) electrons. The van der Waals surface area contributed by atoms with Gasteiger partial charge in [-0.05, 0) is 50.7 Å². The molecular weight excluding hydrogens is 296 g/mol. The van der Waals surface area contributed by atoms with E-state index in [1.165, 1.54) is 36.3 Å². The second kappa shape index (κ2) is 6.29. The van der Waals surface area contributed by atoms with Gasteiger partial charge in [0.15, 0.2) is 0 Å². The standard InChI is InChI=1S/C20H24N4/c1-21-17-9-5-7-15(13-17)19-18-10-3-4-12-24(18)20(22-19)16-8-6-11-23(2)14-16/h3-5,7,9-10,12-13,16,21H,6,8,11,14H2,1-2H3. The molecule has 1 aliphatic rings. The van der Waals surface area contributed by atoms with Crippen molar-refractivity contribution in [3.05, 3.63) is 54.5 Å². The number of hydrogen-bond donors (Lipinski definition) is 1. The lowest BCUT2D eigenvalue weighted by Crippen LogP contribution is -2.31. The maximum Gasteiger partial charge on any atom is 0.118 e. The van der Waals surface area contributed by atoms with Gasteiger partial charge in [-0.15, -0.1) is 0 Å². The molecule has 0 aliphatic carbocycles. The highest BCUT2D eigenvalue weighted by Gasteiger charge is 2.24. The van der Waals surface area contributed by atoms with Gasteiger partial charge in [-0.3, -0.25) is 0 Å². The number of benzene rings is 1. The summed E-state index contributed by atoms with van der Waals surface area (Å²) < 4.78 is 2.28. The molecule has 4 heteroatoms. The number of aromatic nitrogens is 2. The van der Waals surface area contributed by atoms with Crippen molar-refractivity contribution in [1.82, 2.24) is 14.3 Å². The number of rotatable bonds is 3. The van der Waals surface area contributed by atoms with Gasteiger partial charge in [-0.1, -0.05) is 18.2 Å². The van der Waals surface area contributed by atoms with Gasteiger partial charge < -0.3 is 14.6 Å². The van der Waals surface area contributed by atoms with Crippen LogP contribution in [0, 0.1) is 0 Å². The van der Waals surface area contributed by atoms with Crippen LogP contribution in [0.2, 0.25) is 0 Å². The smallest absolute Gasteiger partial charge is 0.118 e. The van der Waals surface area contributed by atoms with E-state index in [9.17, 15) is 0 Å². The van der Waals surface area contributed by atoms with Crippen molar-refractivity contribution in [2.24, 2.45) is 0 Å². The number of likely N-dealkylation sites (N-methyl/N-ethyl adjacent to an activating group) is 1. The van der Waals surface area contributed by atoms with Crippen LogP contribution in [0.1, 0.15) is 24.6 Å². The molecule has 1 atom stereocenters. The Morgan fingerprint density at radius 1 is 1.17 bits per heavy atom. The van der Waals surface area contributed by atoms with Gasteiger partial charge in [0.05, 0.1) is 11.2 Å². The van der Waals surface area contributed by atoms with Crippen LogP contribution in [0.25, 0.3) is 16.8 Å². The Morgan fingerprint density at radius 2 is 2.08 bits per heavy atom. The number of piperidine rings is 1. The van der Waals surface area contributed by atoms with Gasteiger partial charge in [0, 0.05) is 37.0 Å². The average Bonchev–Trinajstić information content (AvgIpc) is 3.01. The van der Waals surface area contributed by atoms with Crippen LogP contribution >= 0.6 is 0 Å². The summed E-state index contributed by atoms with van der Waals surface area (Å²) in [5.41, 5.74) is 4.55. The molecule has 24 heavy (non-hydrogen) atoms. The summed E-state index contributed by atoms with van der Waals surface area (Å²) in [7, 11) is 4.16. The van der Waals surface area contributed by atoms with Crippen molar-refractivity contribution >= 4 is 11.2 Å². The molecule has 1 aliphatic heterocycles. The minimum Gasteiger partial charge on any atom is -0.388 e. The summed E-state index contributed by atoms with van der Waals surface area (Å²) in [5.74, 6) is 1.70. The summed E-state index contributed by atoms with van der Waals surface area (Å²) >= 11 is 0. The Bertz CT molecular complexity index is 852. The van der Waals surface area contributed by atoms with E-state index in [-0.39, 0.29) is 0 Å². The van der Waals surface area contributed by atoms with Gasteiger partial charge >= 0.3 is 0 Å². The highest BCUT2D eigenvalue weighted by molar-refractivity contribution is 5.79. The number of pyridine rings is 1. The first-order chi connectivity index (χ1) is 11.8. The fraction of sp³-hybridized carbons (Fsp3) is 0.350. The second-order valence-corrected chi connectivity index (χ2v) is 6.71. The lowest BCUT2D eigenvalue weighted by molar-refractivity contribution is 0.245. The van der Waals surface area contributed by atoms with E-state index >= 15 is 0 Å². The van der Waals surface area contributed by atoms with Crippen LogP contribution in [0.3, 0.4) is 0 Å². The van der Waals surface area contributed by atoms with Crippen molar-refractivity contribution in [2.45, 2.75) is 18.8 Å². The minimum absolute atomic E-state index is 0.500. The zero-order valence-electron chi connectivity index (χ0n) is 14.4. The molecule has 0 saturated carbocycles. The van der Waals surface area contributed by atoms with E-state index in [2.05, 4.69) is 70.3 Å². The summed E-state index contributed by atoms with van der Waals surface area (Å²) in [6.45, 7) is 2.28. The van der Waals surface area contributed by atoms with Crippen LogP contribution in [0.15, 0.2) is 48.7 Å². The molecule has 1 aromatic carbocycles. The number of fused-ring (bicyclic) bond motifs is 1. The number of imidazole rings is 1. The molecule has 0 amide bonds. The van der Waals surface area contributed by atoms with Crippen LogP contribution in [0.4, 0.5) is 5.69 Å². The molecule has 0 bridgehead atoms. The largest absolute Gasteiger partial charge is 0.388 e. The van der Waals surface area contributed by atoms with Crippen LogP contribution in [-0.4, -0.2) is 41.5 Å². The highest BCUT2D eigenvalue weighted by Crippen LogP contribution is 2.32. The molecule has 3 aromatic rings. The Labute approximate surface area is 143 Å². The molecule has 1 fully saturated rings. The Hall–Kier alpha value is -2.33. The number of hydrogen-bond acceptors (Lipinski definition) is 3. The van der Waals surface area contributed by atoms with Crippen LogP contribution in [-0.2, 0) is 0 Å². The van der Waals surface area contributed by atoms with E-state index in [1.54, 1.807) is 0 Å². The number of nitrogens with zero attached hydrogens (tertiary/aromatic N) is 3. The average molecular weight is 320 g/mol. The van der Waals surface area contributed by atoms with Crippen molar-refractivity contribution in [2.75, 3.05) is 32.5 Å². The number of likely N-dealkylation sites (tertiary alicyclic amines) is 1. The Kier molecular flexibility index (Phi) is 3.98. The van der Waals surface area contributed by atoms with Crippen molar-refractivity contribution in [3.63, 3.8) is 0 Å². The first-order valence-electron chi connectivity index (χ1n) is 8.70. The van der Waals surface area contributed by atoms with E-state index in [4.69, 9.17) is 4.98 Å². The molecule has 2 aromatic heterocycles. The summed E-state index contributed by atoms with van der Waals surface area (Å²) in [6.07, 6.45) is 4.61. The third-order valence-electron chi connectivity index (χ3n) is 4.99. The maximum atomic E-state index is 5.10. The molecule has 124 valence electrons. The molecule has 4 nitrogen and oxygen atoms in total. The molecule has 1 N–H and O–H groups in total. The molecule has 3 heterocycles. The number of nitrogens with one attached hydrogen (secondary N) is 1. The minimum atomic E-state index is 0.500. The second-order valence-electron chi connectivity index (χ2n) is 6.71. The fourth-order valence-electron chi connectivity index (χ4n) is 3.76. The monoisotopic (exact) mass is 320 g/mol. The van der Waals surface area contributed by atoms with E-state index in [1.807, 2.05) is 7.05 Å². The summed E-state index contributed by atoms with van der Waals surface area (Å²) in [6, 6.07) is 14.9. The van der Waals surface area contributed by atoms with Crippen molar-refractivity contribution in [1.29, 1.82) is 0 Å². The summed E-state index contributed by atoms with van der Waals surface area (Å²) in [4.78, 5) is 7.52. The van der Waals surface area contributed by atoms with E-state index < -0.39 is 0 Å². The molecule has 1 saturated heterocycles. The van der Waals surface area contributed by atoms with E-state index in [0.717, 1.165) is 17.9 Å². The zero-order valence-corrected chi connectivity index (χ0v) is 14.4. The normalized spacial score (nSPS) is 18.8. The Morgan fingerprint density at radius 3 is 2.92 bits per heavy atom. The predicted octanol–water partition coefficient (Wildman–Crippen LogP) is 3.85.